The van der Waals surface area contributed by atoms with Crippen molar-refractivity contribution >= 4 is 27.6 Å². The molecule has 2 aliphatic carbocycles. The van der Waals surface area contributed by atoms with Crippen molar-refractivity contribution in [1.29, 1.82) is 0 Å². The van der Waals surface area contributed by atoms with Crippen LogP contribution >= 0.6 is 15.9 Å². The van der Waals surface area contributed by atoms with Gasteiger partial charge in [-0.25, -0.2) is 9.79 Å². The summed E-state index contributed by atoms with van der Waals surface area (Å²) in [4.78, 5) is 16.7. The Morgan fingerprint density at radius 1 is 1.16 bits per heavy atom. The summed E-state index contributed by atoms with van der Waals surface area (Å²) in [5.74, 6) is 0.734. The second-order valence-electron chi connectivity index (χ2n) is 7.88. The second-order valence-corrected chi connectivity index (χ2v) is 8.79. The normalized spacial score (nSPS) is 19.8. The van der Waals surface area contributed by atoms with Crippen LogP contribution in [0.1, 0.15) is 41.8 Å². The summed E-state index contributed by atoms with van der Waals surface area (Å²) in [6.45, 7) is 0. The van der Waals surface area contributed by atoms with Crippen LogP contribution in [0, 0.1) is 5.92 Å². The third kappa shape index (κ3) is 3.92. The Hall–Kier alpha value is -2.86. The van der Waals surface area contributed by atoms with Gasteiger partial charge >= 0.3 is 5.97 Å². The van der Waals surface area contributed by atoms with E-state index in [0.29, 0.717) is 5.76 Å². The predicted octanol–water partition coefficient (Wildman–Crippen LogP) is 6.17. The summed E-state index contributed by atoms with van der Waals surface area (Å²) in [5.41, 5.74) is 6.02. The van der Waals surface area contributed by atoms with Crippen molar-refractivity contribution in [2.45, 2.75) is 32.1 Å². The first-order valence-corrected chi connectivity index (χ1v) is 11.3. The van der Waals surface area contributed by atoms with Crippen molar-refractivity contribution in [3.8, 4) is 5.95 Å². The molecule has 2 aromatic rings. The summed E-state index contributed by atoms with van der Waals surface area (Å²) in [6.07, 6.45) is 9.51. The molecule has 1 aliphatic heterocycles. The lowest BCUT2D eigenvalue weighted by Gasteiger charge is -2.24. The molecule has 0 spiro atoms. The predicted molar refractivity (Wildman–Crippen MR) is 121 cm³/mol. The number of hydrogen-bond acceptors (Lipinski definition) is 5. The number of halogens is 1. The number of hydrogen-bond donors (Lipinski definition) is 0. The van der Waals surface area contributed by atoms with Gasteiger partial charge in [-0.05, 0) is 73.1 Å². The molecule has 0 amide bonds. The van der Waals surface area contributed by atoms with Crippen molar-refractivity contribution in [1.82, 2.24) is 0 Å². The van der Waals surface area contributed by atoms with E-state index in [1.165, 1.54) is 42.4 Å². The molecular weight excluding hydrogens is 458 g/mol. The lowest BCUT2D eigenvalue weighted by molar-refractivity contribution is 0.0559. The molecule has 1 aromatic carbocycles. The molecule has 0 radical (unpaired) electrons. The van der Waals surface area contributed by atoms with Crippen LogP contribution in [0.2, 0.25) is 0 Å². The average molecular weight is 480 g/mol. The number of ether oxygens (including phenoxy) is 2. The van der Waals surface area contributed by atoms with Gasteiger partial charge in [0.2, 0.25) is 5.76 Å². The van der Waals surface area contributed by atoms with E-state index >= 15 is 0 Å². The Morgan fingerprint density at radius 2 is 1.97 bits per heavy atom. The van der Waals surface area contributed by atoms with E-state index in [0.717, 1.165) is 29.4 Å². The van der Waals surface area contributed by atoms with Crippen LogP contribution in [0.5, 0.6) is 5.95 Å². The van der Waals surface area contributed by atoms with Gasteiger partial charge in [0.1, 0.15) is 5.70 Å². The molecule has 5 nitrogen and oxygen atoms in total. The van der Waals surface area contributed by atoms with Crippen LogP contribution < -0.4 is 4.74 Å². The number of carbonyl (C=O) groups is 1. The van der Waals surface area contributed by atoms with E-state index in [1.54, 1.807) is 12.1 Å². The molecule has 1 unspecified atom stereocenters. The zero-order valence-corrected chi connectivity index (χ0v) is 18.8. The van der Waals surface area contributed by atoms with Gasteiger partial charge in [-0.1, -0.05) is 34.1 Å². The van der Waals surface area contributed by atoms with Gasteiger partial charge in [0, 0.05) is 22.2 Å². The Kier molecular flexibility index (Phi) is 5.40. The lowest BCUT2D eigenvalue weighted by Crippen LogP contribution is -2.15. The number of rotatable bonds is 5. The number of nitrogens with zero attached hydrogens (tertiary/aromatic N) is 1. The van der Waals surface area contributed by atoms with Crippen LogP contribution in [0.25, 0.3) is 0 Å². The van der Waals surface area contributed by atoms with E-state index in [4.69, 9.17) is 18.9 Å². The molecule has 0 saturated heterocycles. The Labute approximate surface area is 189 Å². The van der Waals surface area contributed by atoms with Crippen LogP contribution in [0.15, 0.2) is 85.0 Å². The first-order valence-electron chi connectivity index (χ1n) is 10.5. The highest BCUT2D eigenvalue weighted by atomic mass is 79.9. The minimum Gasteiger partial charge on any atom is -0.463 e. The van der Waals surface area contributed by atoms with E-state index in [1.807, 2.05) is 6.08 Å². The molecule has 1 fully saturated rings. The Morgan fingerprint density at radius 3 is 2.77 bits per heavy atom. The monoisotopic (exact) mass is 479 g/mol. The summed E-state index contributed by atoms with van der Waals surface area (Å²) in [6, 6.07) is 11.7. The highest BCUT2D eigenvalue weighted by Gasteiger charge is 2.34. The van der Waals surface area contributed by atoms with Gasteiger partial charge in [0.25, 0.3) is 5.95 Å². The molecule has 0 N–H and O–H groups in total. The average Bonchev–Trinajstić information content (AvgIpc) is 3.41. The molecule has 158 valence electrons. The maximum absolute atomic E-state index is 11.7. The Balaban J connectivity index is 1.47. The number of methoxy groups -OCH3 is 1. The topological polar surface area (TPSA) is 61.0 Å². The number of furan rings is 1. The maximum Gasteiger partial charge on any atom is 0.374 e. The number of carbonyl (C=O) groups excluding carboxylic acids is 1. The molecule has 2 heterocycles. The smallest absolute Gasteiger partial charge is 0.374 e. The van der Waals surface area contributed by atoms with Crippen molar-refractivity contribution in [3.05, 3.63) is 86.9 Å². The van der Waals surface area contributed by atoms with E-state index in [9.17, 15) is 4.79 Å². The van der Waals surface area contributed by atoms with E-state index in [2.05, 4.69) is 46.3 Å². The van der Waals surface area contributed by atoms with Gasteiger partial charge in [-0.15, -0.1) is 0 Å². The fourth-order valence-electron chi connectivity index (χ4n) is 4.43. The number of esters is 1. The lowest BCUT2D eigenvalue weighted by atomic mass is 9.81. The SMILES string of the molecule is COC(=O)c1ccc(OC2=C3N=C4CCCCC4=C3C(Cc3ccc(Br)cc3)C=C2)o1. The van der Waals surface area contributed by atoms with Crippen LogP contribution in [-0.2, 0) is 11.2 Å². The standard InChI is InChI=1S/C25H22BrNO4/c1-29-25(28)21-12-13-22(31-21)30-20-11-8-16(14-15-6-9-17(26)10-7-15)23-18-4-2-3-5-19(18)27-24(20)23/h6-13,16H,2-5,14H2,1H3. The van der Waals surface area contributed by atoms with Crippen LogP contribution in [0.3, 0.4) is 0 Å². The summed E-state index contributed by atoms with van der Waals surface area (Å²) < 4.78 is 17.3. The molecular formula is C25H22BrNO4. The van der Waals surface area contributed by atoms with E-state index in [-0.39, 0.29) is 17.6 Å². The minimum atomic E-state index is -0.531. The first-order chi connectivity index (χ1) is 15.1. The fraction of sp³-hybridized carbons (Fsp3) is 0.280. The van der Waals surface area contributed by atoms with Crippen molar-refractivity contribution in [3.63, 3.8) is 0 Å². The quantitative estimate of drug-likeness (QED) is 0.480. The maximum atomic E-state index is 11.7. The van der Waals surface area contributed by atoms with Gasteiger partial charge in [-0.3, -0.25) is 0 Å². The molecule has 5 rings (SSSR count). The van der Waals surface area contributed by atoms with Crippen LogP contribution in [0.4, 0.5) is 0 Å². The third-order valence-electron chi connectivity index (χ3n) is 5.90. The van der Waals surface area contributed by atoms with Gasteiger partial charge in [0.15, 0.2) is 5.76 Å². The summed E-state index contributed by atoms with van der Waals surface area (Å²) in [5, 5.41) is 0. The van der Waals surface area contributed by atoms with Crippen molar-refractivity contribution in [2.24, 2.45) is 10.9 Å². The third-order valence-corrected chi connectivity index (χ3v) is 6.43. The second kappa shape index (κ2) is 8.35. The zero-order chi connectivity index (χ0) is 21.4. The number of allylic oxidation sites excluding steroid dienone is 4. The van der Waals surface area contributed by atoms with Gasteiger partial charge in [-0.2, -0.15) is 0 Å². The minimum absolute atomic E-state index is 0.112. The van der Waals surface area contributed by atoms with Gasteiger partial charge < -0.3 is 13.9 Å². The number of aliphatic imine (C=N–C) groups is 1. The first kappa shape index (κ1) is 20.1. The zero-order valence-electron chi connectivity index (χ0n) is 17.2. The molecule has 6 heteroatoms. The highest BCUT2D eigenvalue weighted by Crippen LogP contribution is 2.43. The molecule has 3 aliphatic rings. The molecule has 31 heavy (non-hydrogen) atoms. The van der Waals surface area contributed by atoms with E-state index < -0.39 is 5.97 Å². The molecule has 0 bridgehead atoms. The Bertz CT molecular complexity index is 1150. The molecule has 1 atom stereocenters. The fourth-order valence-corrected chi connectivity index (χ4v) is 4.69. The summed E-state index contributed by atoms with van der Waals surface area (Å²) in [7, 11) is 1.32. The van der Waals surface area contributed by atoms with Gasteiger partial charge in [0.05, 0.1) is 7.11 Å². The molecule has 1 aromatic heterocycles. The summed E-state index contributed by atoms with van der Waals surface area (Å²) >= 11 is 3.51. The van der Waals surface area contributed by atoms with Crippen molar-refractivity contribution in [2.75, 3.05) is 7.11 Å². The molecule has 1 saturated carbocycles. The highest BCUT2D eigenvalue weighted by molar-refractivity contribution is 9.10. The number of benzene rings is 1. The largest absolute Gasteiger partial charge is 0.463 e. The van der Waals surface area contributed by atoms with Crippen molar-refractivity contribution < 1.29 is 18.7 Å². The number of fused-ring (bicyclic) bond motifs is 2. The van der Waals surface area contributed by atoms with Crippen LogP contribution in [-0.4, -0.2) is 18.8 Å².